The maximum absolute atomic E-state index is 4.45. The van der Waals surface area contributed by atoms with E-state index in [1.165, 1.54) is 5.56 Å². The summed E-state index contributed by atoms with van der Waals surface area (Å²) < 4.78 is 0. The van der Waals surface area contributed by atoms with Gasteiger partial charge in [0.1, 0.15) is 5.82 Å². The molecule has 0 atom stereocenters. The van der Waals surface area contributed by atoms with Crippen LogP contribution in [0, 0.1) is 0 Å². The molecule has 1 heterocycles. The molecule has 1 aromatic heterocycles. The van der Waals surface area contributed by atoms with E-state index < -0.39 is 0 Å². The summed E-state index contributed by atoms with van der Waals surface area (Å²) in [6.45, 7) is 5.81. The minimum Gasteiger partial charge on any atom is -0.356 e. The maximum Gasteiger partial charge on any atom is 0.191 e. The fourth-order valence-corrected chi connectivity index (χ4v) is 2.90. The lowest BCUT2D eigenvalue weighted by Gasteiger charge is -2.26. The van der Waals surface area contributed by atoms with E-state index in [-0.39, 0.29) is 5.41 Å². The molecule has 0 amide bonds. The van der Waals surface area contributed by atoms with Gasteiger partial charge in [-0.3, -0.25) is 4.99 Å². The average molecular weight is 361 g/mol. The van der Waals surface area contributed by atoms with Crippen LogP contribution < -0.4 is 10.6 Å². The number of nitrogens with one attached hydrogen (secondary N) is 3. The minimum atomic E-state index is 0.00401. The van der Waals surface area contributed by atoms with E-state index >= 15 is 0 Å². The van der Waals surface area contributed by atoms with Crippen molar-refractivity contribution in [2.75, 3.05) is 13.6 Å². The van der Waals surface area contributed by atoms with Gasteiger partial charge in [-0.05, 0) is 11.1 Å². The Balaban J connectivity index is 1.55. The number of aromatic nitrogens is 2. The van der Waals surface area contributed by atoms with Gasteiger partial charge < -0.3 is 15.6 Å². The Morgan fingerprint density at radius 3 is 2.33 bits per heavy atom. The van der Waals surface area contributed by atoms with Crippen molar-refractivity contribution in [3.05, 3.63) is 78.2 Å². The van der Waals surface area contributed by atoms with Crippen LogP contribution in [0.3, 0.4) is 0 Å². The van der Waals surface area contributed by atoms with Crippen molar-refractivity contribution in [3.63, 3.8) is 0 Å². The molecule has 27 heavy (non-hydrogen) atoms. The highest BCUT2D eigenvalue weighted by atomic mass is 15.2. The van der Waals surface area contributed by atoms with Crippen LogP contribution in [-0.4, -0.2) is 29.5 Å². The van der Waals surface area contributed by atoms with Crippen LogP contribution in [0.1, 0.15) is 25.2 Å². The Kier molecular flexibility index (Phi) is 5.91. The van der Waals surface area contributed by atoms with Gasteiger partial charge in [0, 0.05) is 19.0 Å². The number of hydrogen-bond donors (Lipinski definition) is 3. The van der Waals surface area contributed by atoms with Gasteiger partial charge in [0.25, 0.3) is 0 Å². The third-order valence-corrected chi connectivity index (χ3v) is 4.61. The van der Waals surface area contributed by atoms with Crippen molar-refractivity contribution < 1.29 is 0 Å². The first kappa shape index (κ1) is 18.7. The minimum absolute atomic E-state index is 0.00401. The quantitative estimate of drug-likeness (QED) is 0.463. The Labute approximate surface area is 161 Å². The van der Waals surface area contributed by atoms with Gasteiger partial charge in [0.15, 0.2) is 5.96 Å². The Bertz CT molecular complexity index is 866. The van der Waals surface area contributed by atoms with Crippen LogP contribution in [0.5, 0.6) is 0 Å². The number of H-pyrrole nitrogens is 1. The van der Waals surface area contributed by atoms with Crippen molar-refractivity contribution in [1.82, 2.24) is 20.6 Å². The zero-order valence-electron chi connectivity index (χ0n) is 16.2. The van der Waals surface area contributed by atoms with E-state index in [0.29, 0.717) is 6.54 Å². The lowest BCUT2D eigenvalue weighted by atomic mass is 9.85. The molecular weight excluding hydrogens is 334 g/mol. The molecule has 140 valence electrons. The number of aromatic amines is 1. The number of rotatable bonds is 6. The molecule has 0 saturated carbocycles. The highest BCUT2D eigenvalue weighted by Gasteiger charge is 2.20. The highest BCUT2D eigenvalue weighted by Crippen LogP contribution is 2.21. The van der Waals surface area contributed by atoms with Gasteiger partial charge in [-0.1, -0.05) is 74.5 Å². The average Bonchev–Trinajstić information content (AvgIpc) is 3.18. The SMILES string of the molecule is CN=C(NCc1ncc(-c2ccccc2)[nH]1)NCC(C)(C)c1ccccc1. The monoisotopic (exact) mass is 361 g/mol. The zero-order valence-corrected chi connectivity index (χ0v) is 16.2. The van der Waals surface area contributed by atoms with E-state index in [9.17, 15) is 0 Å². The lowest BCUT2D eigenvalue weighted by Crippen LogP contribution is -2.43. The summed E-state index contributed by atoms with van der Waals surface area (Å²) in [5.74, 6) is 1.63. The summed E-state index contributed by atoms with van der Waals surface area (Å²) >= 11 is 0. The molecule has 0 spiro atoms. The summed E-state index contributed by atoms with van der Waals surface area (Å²) in [6.07, 6.45) is 1.86. The van der Waals surface area contributed by atoms with Gasteiger partial charge in [0.05, 0.1) is 18.4 Å². The van der Waals surface area contributed by atoms with Crippen molar-refractivity contribution in [3.8, 4) is 11.3 Å². The summed E-state index contributed by atoms with van der Waals surface area (Å²) in [4.78, 5) is 12.1. The molecule has 5 nitrogen and oxygen atoms in total. The number of benzene rings is 2. The van der Waals surface area contributed by atoms with Crippen molar-refractivity contribution in [1.29, 1.82) is 0 Å². The molecule has 0 unspecified atom stereocenters. The zero-order chi connectivity index (χ0) is 19.1. The number of hydrogen-bond acceptors (Lipinski definition) is 2. The molecule has 3 N–H and O–H groups in total. The predicted molar refractivity (Wildman–Crippen MR) is 112 cm³/mol. The van der Waals surface area contributed by atoms with Crippen LogP contribution in [0.15, 0.2) is 71.9 Å². The number of guanidine groups is 1. The largest absolute Gasteiger partial charge is 0.356 e. The van der Waals surface area contributed by atoms with Crippen molar-refractivity contribution >= 4 is 5.96 Å². The molecule has 3 rings (SSSR count). The van der Waals surface area contributed by atoms with Crippen LogP contribution in [0.4, 0.5) is 0 Å². The second kappa shape index (κ2) is 8.54. The van der Waals surface area contributed by atoms with Gasteiger partial charge in [0.2, 0.25) is 0 Å². The van der Waals surface area contributed by atoms with Crippen LogP contribution in [0.25, 0.3) is 11.3 Å². The smallest absolute Gasteiger partial charge is 0.191 e. The topological polar surface area (TPSA) is 65.1 Å². The highest BCUT2D eigenvalue weighted by molar-refractivity contribution is 5.79. The molecule has 0 bridgehead atoms. The maximum atomic E-state index is 4.45. The van der Waals surface area contributed by atoms with E-state index in [4.69, 9.17) is 0 Å². The summed E-state index contributed by atoms with van der Waals surface area (Å²) in [5, 5.41) is 6.73. The Morgan fingerprint density at radius 2 is 1.67 bits per heavy atom. The molecule has 2 aromatic carbocycles. The molecule has 0 fully saturated rings. The van der Waals surface area contributed by atoms with E-state index in [1.807, 2.05) is 30.5 Å². The normalized spacial score (nSPS) is 12.0. The molecule has 0 radical (unpaired) electrons. The second-order valence-electron chi connectivity index (χ2n) is 7.14. The Morgan fingerprint density at radius 1 is 1.00 bits per heavy atom. The molecule has 5 heteroatoms. The van der Waals surface area contributed by atoms with Gasteiger partial charge in [-0.15, -0.1) is 0 Å². The first-order valence-electron chi connectivity index (χ1n) is 9.18. The number of aliphatic imine (C=N–C) groups is 1. The molecule has 3 aromatic rings. The predicted octanol–water partition coefficient (Wildman–Crippen LogP) is 3.72. The number of imidazole rings is 1. The summed E-state index contributed by atoms with van der Waals surface area (Å²) in [7, 11) is 1.78. The second-order valence-corrected chi connectivity index (χ2v) is 7.14. The Hall–Kier alpha value is -3.08. The summed E-state index contributed by atoms with van der Waals surface area (Å²) in [6, 6.07) is 20.7. The standard InChI is InChI=1S/C22H27N5/c1-22(2,18-12-8-5-9-13-18)16-26-21(23-3)25-15-20-24-14-19(27-20)17-10-6-4-7-11-17/h4-14H,15-16H2,1-3H3,(H,24,27)(H2,23,25,26). The van der Waals surface area contributed by atoms with Gasteiger partial charge in [-0.2, -0.15) is 0 Å². The first-order valence-corrected chi connectivity index (χ1v) is 9.18. The van der Waals surface area contributed by atoms with Gasteiger partial charge in [-0.25, -0.2) is 4.98 Å². The summed E-state index contributed by atoms with van der Waals surface area (Å²) in [5.41, 5.74) is 3.44. The first-order chi connectivity index (χ1) is 13.1. The fraction of sp³-hybridized carbons (Fsp3) is 0.273. The molecular formula is C22H27N5. The third kappa shape index (κ3) is 4.97. The molecule has 0 aliphatic heterocycles. The fourth-order valence-electron chi connectivity index (χ4n) is 2.90. The van der Waals surface area contributed by atoms with E-state index in [1.54, 1.807) is 7.05 Å². The molecule has 0 aliphatic rings. The van der Waals surface area contributed by atoms with Crippen LogP contribution in [-0.2, 0) is 12.0 Å². The number of nitrogens with zero attached hydrogens (tertiary/aromatic N) is 2. The van der Waals surface area contributed by atoms with E-state index in [2.05, 4.69) is 75.8 Å². The van der Waals surface area contributed by atoms with Crippen molar-refractivity contribution in [2.24, 2.45) is 4.99 Å². The van der Waals surface area contributed by atoms with Gasteiger partial charge >= 0.3 is 0 Å². The molecule has 0 aliphatic carbocycles. The van der Waals surface area contributed by atoms with Crippen LogP contribution >= 0.6 is 0 Å². The molecule has 0 saturated heterocycles. The van der Waals surface area contributed by atoms with E-state index in [0.717, 1.165) is 29.6 Å². The van der Waals surface area contributed by atoms with Crippen molar-refractivity contribution in [2.45, 2.75) is 25.8 Å². The van der Waals surface area contributed by atoms with Crippen LogP contribution in [0.2, 0.25) is 0 Å². The lowest BCUT2D eigenvalue weighted by molar-refractivity contribution is 0.508. The third-order valence-electron chi connectivity index (χ3n) is 4.61.